The molecule has 2 heterocycles. The highest BCUT2D eigenvalue weighted by atomic mass is 32.1. The minimum absolute atomic E-state index is 0.448. The Labute approximate surface area is 365 Å². The van der Waals surface area contributed by atoms with E-state index in [0.717, 1.165) is 33.6 Å². The van der Waals surface area contributed by atoms with Crippen LogP contribution in [0.3, 0.4) is 0 Å². The molecule has 3 heteroatoms. The molecule has 62 heavy (non-hydrogen) atoms. The van der Waals surface area contributed by atoms with Gasteiger partial charge < -0.3 is 0 Å². The van der Waals surface area contributed by atoms with Crippen molar-refractivity contribution < 1.29 is 0 Å². The smallest absolute Gasteiger partial charge is 0.160 e. The SMILES string of the molecule is c1ccc(-c2nc(-c3ccc(-c4cccc5c4-c4ccccc4C5(c4ccccc4)c4ccccc4)cc3)cc(-c3cccc(-c4cccc5sc6ccccc6c45)c3)n2)cc1. The summed E-state index contributed by atoms with van der Waals surface area (Å²) in [6.07, 6.45) is 0. The summed E-state index contributed by atoms with van der Waals surface area (Å²) >= 11 is 1.85. The summed E-state index contributed by atoms with van der Waals surface area (Å²) in [5.41, 5.74) is 16.9. The van der Waals surface area contributed by atoms with Gasteiger partial charge in [0.2, 0.25) is 0 Å². The van der Waals surface area contributed by atoms with Gasteiger partial charge in [-0.2, -0.15) is 0 Å². The summed E-state index contributed by atoms with van der Waals surface area (Å²) < 4.78 is 2.60. The normalized spacial score (nSPS) is 12.6. The maximum atomic E-state index is 5.22. The number of hydrogen-bond acceptors (Lipinski definition) is 3. The van der Waals surface area contributed by atoms with Crippen LogP contribution in [0.25, 0.3) is 87.5 Å². The molecule has 1 aliphatic carbocycles. The molecule has 2 aromatic heterocycles. The van der Waals surface area contributed by atoms with Gasteiger partial charge in [0.25, 0.3) is 0 Å². The van der Waals surface area contributed by atoms with E-state index in [2.05, 4.69) is 212 Å². The monoisotopic (exact) mass is 806 g/mol. The van der Waals surface area contributed by atoms with Crippen molar-refractivity contribution in [3.05, 3.63) is 253 Å². The zero-order chi connectivity index (χ0) is 41.0. The van der Waals surface area contributed by atoms with E-state index in [0.29, 0.717) is 5.82 Å². The quantitative estimate of drug-likeness (QED) is 0.160. The fraction of sp³-hybridized carbons (Fsp3) is 0.0169. The molecule has 0 atom stereocenters. The first kappa shape index (κ1) is 36.2. The van der Waals surface area contributed by atoms with E-state index in [1.807, 2.05) is 29.5 Å². The van der Waals surface area contributed by atoms with Gasteiger partial charge in [0.05, 0.1) is 16.8 Å². The molecule has 0 radical (unpaired) electrons. The summed E-state index contributed by atoms with van der Waals surface area (Å²) in [4.78, 5) is 10.4. The van der Waals surface area contributed by atoms with Crippen LogP contribution < -0.4 is 0 Å². The molecule has 12 rings (SSSR count). The third kappa shape index (κ3) is 5.78. The van der Waals surface area contributed by atoms with E-state index in [1.54, 1.807) is 0 Å². The number of aromatic nitrogens is 2. The Bertz CT molecular complexity index is 3400. The van der Waals surface area contributed by atoms with E-state index < -0.39 is 5.41 Å². The first-order valence-corrected chi connectivity index (χ1v) is 22.0. The Morgan fingerprint density at radius 1 is 0.339 bits per heavy atom. The van der Waals surface area contributed by atoms with Gasteiger partial charge in [-0.1, -0.05) is 206 Å². The van der Waals surface area contributed by atoms with Gasteiger partial charge in [-0.25, -0.2) is 9.97 Å². The first-order valence-electron chi connectivity index (χ1n) is 21.1. The Balaban J connectivity index is 0.980. The van der Waals surface area contributed by atoms with Crippen molar-refractivity contribution >= 4 is 31.5 Å². The third-order valence-corrected chi connectivity index (χ3v) is 13.7. The molecule has 0 saturated heterocycles. The van der Waals surface area contributed by atoms with Gasteiger partial charge in [0.15, 0.2) is 5.82 Å². The minimum Gasteiger partial charge on any atom is -0.228 e. The largest absolute Gasteiger partial charge is 0.228 e. The number of rotatable bonds is 7. The molecule has 2 nitrogen and oxygen atoms in total. The fourth-order valence-electron chi connectivity index (χ4n) is 9.87. The van der Waals surface area contributed by atoms with E-state index >= 15 is 0 Å². The highest BCUT2D eigenvalue weighted by molar-refractivity contribution is 7.25. The second-order valence-electron chi connectivity index (χ2n) is 16.0. The van der Waals surface area contributed by atoms with Crippen LogP contribution in [0.5, 0.6) is 0 Å². The molecule has 11 aromatic rings. The summed E-state index contributed by atoms with van der Waals surface area (Å²) in [5.74, 6) is 0.703. The third-order valence-electron chi connectivity index (χ3n) is 12.6. The molecular formula is C59H38N2S. The van der Waals surface area contributed by atoms with Gasteiger partial charge >= 0.3 is 0 Å². The first-order chi connectivity index (χ1) is 30.7. The van der Waals surface area contributed by atoms with Crippen LogP contribution in [0, 0.1) is 0 Å². The standard InChI is InChI=1S/C59H38N2S/c1-4-17-41(18-5-1)58-60-52(38-53(61-58)43-20-14-19-42(37-43)47-28-16-32-55-57(47)49-26-11-13-31-54(49)62-55)40-35-33-39(34-36-40)46-27-15-30-51-56(46)48-25-10-12-29-50(48)59(51,44-21-6-2-7-22-44)45-23-8-3-9-24-45/h1-38H. The Morgan fingerprint density at radius 3 is 1.65 bits per heavy atom. The molecule has 0 amide bonds. The highest BCUT2D eigenvalue weighted by Gasteiger charge is 2.46. The lowest BCUT2D eigenvalue weighted by Gasteiger charge is -2.34. The lowest BCUT2D eigenvalue weighted by molar-refractivity contribution is 0.768. The number of benzene rings is 9. The van der Waals surface area contributed by atoms with Gasteiger partial charge in [0.1, 0.15) is 0 Å². The van der Waals surface area contributed by atoms with E-state index in [-0.39, 0.29) is 0 Å². The van der Waals surface area contributed by atoms with Gasteiger partial charge in [-0.15, -0.1) is 11.3 Å². The fourth-order valence-corrected chi connectivity index (χ4v) is 11.0. The average molecular weight is 807 g/mol. The molecule has 1 aliphatic rings. The summed E-state index contributed by atoms with van der Waals surface area (Å²) in [6.45, 7) is 0. The molecule has 0 unspecified atom stereocenters. The summed E-state index contributed by atoms with van der Waals surface area (Å²) in [7, 11) is 0. The zero-order valence-corrected chi connectivity index (χ0v) is 34.6. The second-order valence-corrected chi connectivity index (χ2v) is 17.1. The van der Waals surface area contributed by atoms with Gasteiger partial charge in [0, 0.05) is 36.9 Å². The molecule has 0 saturated carbocycles. The van der Waals surface area contributed by atoms with Crippen molar-refractivity contribution in [3.8, 4) is 67.3 Å². The molecule has 290 valence electrons. The van der Waals surface area contributed by atoms with Crippen LogP contribution in [-0.2, 0) is 5.41 Å². The Kier molecular flexibility index (Phi) is 8.62. The van der Waals surface area contributed by atoms with Crippen LogP contribution in [0.1, 0.15) is 22.3 Å². The van der Waals surface area contributed by atoms with E-state index in [1.165, 1.54) is 70.2 Å². The van der Waals surface area contributed by atoms with Crippen LogP contribution in [0.4, 0.5) is 0 Å². The van der Waals surface area contributed by atoms with E-state index in [9.17, 15) is 0 Å². The molecule has 9 aromatic carbocycles. The van der Waals surface area contributed by atoms with Crippen LogP contribution in [-0.4, -0.2) is 9.97 Å². The molecule has 0 spiro atoms. The van der Waals surface area contributed by atoms with Crippen molar-refractivity contribution in [1.29, 1.82) is 0 Å². The van der Waals surface area contributed by atoms with Crippen LogP contribution >= 0.6 is 11.3 Å². The van der Waals surface area contributed by atoms with Crippen molar-refractivity contribution in [3.63, 3.8) is 0 Å². The molecule has 0 fully saturated rings. The van der Waals surface area contributed by atoms with Gasteiger partial charge in [-0.3, -0.25) is 0 Å². The van der Waals surface area contributed by atoms with Gasteiger partial charge in [-0.05, 0) is 79.9 Å². The topological polar surface area (TPSA) is 25.8 Å². The zero-order valence-electron chi connectivity index (χ0n) is 33.7. The van der Waals surface area contributed by atoms with Crippen LogP contribution in [0.15, 0.2) is 231 Å². The maximum absolute atomic E-state index is 5.22. The van der Waals surface area contributed by atoms with Crippen LogP contribution in [0.2, 0.25) is 0 Å². The predicted molar refractivity (Wildman–Crippen MR) is 259 cm³/mol. The lowest BCUT2D eigenvalue weighted by Crippen LogP contribution is -2.28. The second kappa shape index (κ2) is 14.8. The Hall–Kier alpha value is -7.72. The molecular weight excluding hydrogens is 769 g/mol. The Morgan fingerprint density at radius 2 is 0.871 bits per heavy atom. The molecule has 0 N–H and O–H groups in total. The predicted octanol–water partition coefficient (Wildman–Crippen LogP) is 15.5. The number of nitrogens with zero attached hydrogens (tertiary/aromatic N) is 2. The van der Waals surface area contributed by atoms with Crippen molar-refractivity contribution in [2.45, 2.75) is 5.41 Å². The molecule has 0 aliphatic heterocycles. The van der Waals surface area contributed by atoms with Crippen molar-refractivity contribution in [1.82, 2.24) is 9.97 Å². The minimum atomic E-state index is -0.448. The maximum Gasteiger partial charge on any atom is 0.160 e. The van der Waals surface area contributed by atoms with Crippen molar-refractivity contribution in [2.24, 2.45) is 0 Å². The molecule has 0 bridgehead atoms. The number of thiophene rings is 1. The lowest BCUT2D eigenvalue weighted by atomic mass is 9.67. The summed E-state index contributed by atoms with van der Waals surface area (Å²) in [5, 5.41) is 2.60. The highest BCUT2D eigenvalue weighted by Crippen LogP contribution is 2.58. The summed E-state index contributed by atoms with van der Waals surface area (Å²) in [6, 6.07) is 83.4. The average Bonchev–Trinajstić information content (AvgIpc) is 3.89. The number of hydrogen-bond donors (Lipinski definition) is 0. The number of fused-ring (bicyclic) bond motifs is 6. The van der Waals surface area contributed by atoms with Crippen molar-refractivity contribution in [2.75, 3.05) is 0 Å². The van der Waals surface area contributed by atoms with E-state index in [4.69, 9.17) is 9.97 Å².